The van der Waals surface area contributed by atoms with Crippen LogP contribution < -0.4 is 21.5 Å². The van der Waals surface area contributed by atoms with E-state index in [1.165, 1.54) is 4.57 Å². The molecule has 2 aromatic rings. The maximum Gasteiger partial charge on any atom is 0.261 e. The third kappa shape index (κ3) is 3.69. The van der Waals surface area contributed by atoms with E-state index in [2.05, 4.69) is 16.3 Å². The van der Waals surface area contributed by atoms with Crippen molar-refractivity contribution in [2.75, 3.05) is 31.1 Å². The summed E-state index contributed by atoms with van der Waals surface area (Å²) in [7, 11) is 0. The molecule has 4 rings (SSSR count). The Morgan fingerprint density at radius 2 is 2.00 bits per heavy atom. The number of nitrogens with zero attached hydrogens (tertiary/aromatic N) is 3. The van der Waals surface area contributed by atoms with E-state index >= 15 is 0 Å². The van der Waals surface area contributed by atoms with Gasteiger partial charge in [0.25, 0.3) is 5.56 Å². The number of amides is 1. The highest BCUT2D eigenvalue weighted by molar-refractivity contribution is 5.82. The van der Waals surface area contributed by atoms with Crippen LogP contribution in [0.15, 0.2) is 23.0 Å². The molecule has 1 amide bonds. The Bertz CT molecular complexity index is 893. The molecule has 2 heterocycles. The molecule has 2 aliphatic rings. The molecule has 0 bridgehead atoms. The predicted molar refractivity (Wildman–Crippen MR) is 106 cm³/mol. The van der Waals surface area contributed by atoms with Gasteiger partial charge in [0.1, 0.15) is 12.4 Å². The first-order valence-corrected chi connectivity index (χ1v) is 9.92. The van der Waals surface area contributed by atoms with Gasteiger partial charge < -0.3 is 16.0 Å². The van der Waals surface area contributed by atoms with E-state index in [4.69, 9.17) is 10.7 Å². The van der Waals surface area contributed by atoms with Crippen molar-refractivity contribution < 1.29 is 4.79 Å². The molecule has 0 radical (unpaired) electrons. The minimum absolute atomic E-state index is 0.106. The monoisotopic (exact) mass is 369 g/mol. The van der Waals surface area contributed by atoms with Crippen LogP contribution in [0.25, 0.3) is 10.9 Å². The summed E-state index contributed by atoms with van der Waals surface area (Å²) in [5.74, 6) is 0.445. The van der Waals surface area contributed by atoms with Gasteiger partial charge in [-0.2, -0.15) is 0 Å². The van der Waals surface area contributed by atoms with Crippen molar-refractivity contribution >= 4 is 22.5 Å². The molecule has 0 atom stereocenters. The third-order valence-corrected chi connectivity index (χ3v) is 5.71. The van der Waals surface area contributed by atoms with Gasteiger partial charge in [0.2, 0.25) is 5.91 Å². The minimum Gasteiger partial charge on any atom is -0.370 e. The zero-order valence-electron chi connectivity index (χ0n) is 15.6. The Morgan fingerprint density at radius 1 is 1.19 bits per heavy atom. The van der Waals surface area contributed by atoms with Crippen LogP contribution >= 0.6 is 0 Å². The molecule has 1 saturated carbocycles. The van der Waals surface area contributed by atoms with Crippen LogP contribution in [0.2, 0.25) is 0 Å². The van der Waals surface area contributed by atoms with E-state index < -0.39 is 5.91 Å². The van der Waals surface area contributed by atoms with E-state index in [-0.39, 0.29) is 18.0 Å². The summed E-state index contributed by atoms with van der Waals surface area (Å²) in [6.07, 6.45) is 5.36. The summed E-state index contributed by atoms with van der Waals surface area (Å²) in [4.78, 5) is 31.9. The molecule has 3 N–H and O–H groups in total. The fourth-order valence-corrected chi connectivity index (χ4v) is 4.33. The molecule has 27 heavy (non-hydrogen) atoms. The maximum absolute atomic E-state index is 13.2. The molecule has 0 unspecified atom stereocenters. The van der Waals surface area contributed by atoms with Gasteiger partial charge in [-0.1, -0.05) is 12.8 Å². The van der Waals surface area contributed by atoms with Crippen molar-refractivity contribution in [1.82, 2.24) is 14.9 Å². The summed E-state index contributed by atoms with van der Waals surface area (Å²) in [6, 6.07) is 5.92. The molecule has 1 aliphatic carbocycles. The molecular weight excluding hydrogens is 342 g/mol. The average Bonchev–Trinajstić information content (AvgIpc) is 3.05. The molecule has 7 nitrogen and oxygen atoms in total. The third-order valence-electron chi connectivity index (χ3n) is 5.71. The lowest BCUT2D eigenvalue weighted by atomic mass is 10.1. The Labute approximate surface area is 158 Å². The topological polar surface area (TPSA) is 93.2 Å². The quantitative estimate of drug-likeness (QED) is 0.848. The number of aromatic nitrogens is 2. The van der Waals surface area contributed by atoms with Crippen LogP contribution in [0.5, 0.6) is 0 Å². The highest BCUT2D eigenvalue weighted by Gasteiger charge is 2.24. The SMILES string of the molecule is NC(=O)Cn1c(C2CCCC2)nc2ccc(N3CCCNCC3)cc2c1=O. The minimum atomic E-state index is -0.507. The van der Waals surface area contributed by atoms with Gasteiger partial charge in [-0.15, -0.1) is 0 Å². The van der Waals surface area contributed by atoms with Crippen LogP contribution in [-0.2, 0) is 11.3 Å². The second-order valence-electron chi connectivity index (χ2n) is 7.60. The van der Waals surface area contributed by atoms with Gasteiger partial charge in [0.15, 0.2) is 0 Å². The number of nitrogens with one attached hydrogen (secondary N) is 1. The molecule has 1 aromatic carbocycles. The Hall–Kier alpha value is -2.41. The maximum atomic E-state index is 13.2. The van der Waals surface area contributed by atoms with Crippen LogP contribution in [0.1, 0.15) is 43.8 Å². The number of anilines is 1. The van der Waals surface area contributed by atoms with Gasteiger partial charge in [0, 0.05) is 31.2 Å². The second-order valence-corrected chi connectivity index (χ2v) is 7.60. The van der Waals surface area contributed by atoms with Crippen LogP contribution in [0.3, 0.4) is 0 Å². The molecule has 1 saturated heterocycles. The number of hydrogen-bond donors (Lipinski definition) is 2. The number of rotatable bonds is 4. The Balaban J connectivity index is 1.80. The first-order valence-electron chi connectivity index (χ1n) is 9.92. The summed E-state index contributed by atoms with van der Waals surface area (Å²) < 4.78 is 1.51. The summed E-state index contributed by atoms with van der Waals surface area (Å²) in [6.45, 7) is 3.71. The fourth-order valence-electron chi connectivity index (χ4n) is 4.33. The largest absolute Gasteiger partial charge is 0.370 e. The summed E-state index contributed by atoms with van der Waals surface area (Å²) >= 11 is 0. The summed E-state index contributed by atoms with van der Waals surface area (Å²) in [5, 5.41) is 3.96. The van der Waals surface area contributed by atoms with Gasteiger partial charge in [-0.3, -0.25) is 14.2 Å². The van der Waals surface area contributed by atoms with Crippen molar-refractivity contribution in [3.05, 3.63) is 34.4 Å². The Morgan fingerprint density at radius 3 is 2.78 bits per heavy atom. The number of carbonyl (C=O) groups excluding carboxylic acids is 1. The number of fused-ring (bicyclic) bond motifs is 1. The van der Waals surface area contributed by atoms with Crippen LogP contribution in [-0.4, -0.2) is 41.6 Å². The molecule has 2 fully saturated rings. The summed E-state index contributed by atoms with van der Waals surface area (Å²) in [5.41, 5.74) is 7.01. The van der Waals surface area contributed by atoms with Crippen molar-refractivity contribution in [2.45, 2.75) is 44.6 Å². The lowest BCUT2D eigenvalue weighted by Crippen LogP contribution is -2.32. The van der Waals surface area contributed by atoms with E-state index in [1.807, 2.05) is 12.1 Å². The van der Waals surface area contributed by atoms with Crippen LogP contribution in [0, 0.1) is 0 Å². The van der Waals surface area contributed by atoms with Crippen molar-refractivity contribution in [3.63, 3.8) is 0 Å². The fraction of sp³-hybridized carbons (Fsp3) is 0.550. The van der Waals surface area contributed by atoms with Gasteiger partial charge in [0.05, 0.1) is 10.9 Å². The van der Waals surface area contributed by atoms with E-state index in [1.54, 1.807) is 0 Å². The zero-order valence-corrected chi connectivity index (χ0v) is 15.6. The highest BCUT2D eigenvalue weighted by Crippen LogP contribution is 2.33. The molecule has 1 aliphatic heterocycles. The molecule has 1 aromatic heterocycles. The average molecular weight is 369 g/mol. The molecule has 7 heteroatoms. The van der Waals surface area contributed by atoms with Crippen molar-refractivity contribution in [2.24, 2.45) is 5.73 Å². The first kappa shape index (κ1) is 18.0. The lowest BCUT2D eigenvalue weighted by molar-refractivity contribution is -0.118. The standard InChI is InChI=1S/C20H27N5O2/c21-18(26)13-25-19(14-4-1-2-5-14)23-17-7-6-15(12-16(17)20(25)27)24-10-3-8-22-9-11-24/h6-7,12,14,22H,1-5,8-11,13H2,(H2,21,26). The second kappa shape index (κ2) is 7.68. The van der Waals surface area contributed by atoms with Crippen molar-refractivity contribution in [3.8, 4) is 0 Å². The zero-order chi connectivity index (χ0) is 18.8. The van der Waals surface area contributed by atoms with E-state index in [9.17, 15) is 9.59 Å². The lowest BCUT2D eigenvalue weighted by Gasteiger charge is -2.23. The smallest absolute Gasteiger partial charge is 0.261 e. The molecule has 0 spiro atoms. The van der Waals surface area contributed by atoms with Crippen molar-refractivity contribution in [1.29, 1.82) is 0 Å². The highest BCUT2D eigenvalue weighted by atomic mass is 16.2. The van der Waals surface area contributed by atoms with Crippen LogP contribution in [0.4, 0.5) is 5.69 Å². The number of primary amides is 1. The van der Waals surface area contributed by atoms with Gasteiger partial charge in [-0.25, -0.2) is 4.98 Å². The molecule has 144 valence electrons. The number of nitrogens with two attached hydrogens (primary N) is 1. The normalized spacial score (nSPS) is 18.7. The number of benzene rings is 1. The Kier molecular flexibility index (Phi) is 5.11. The predicted octanol–water partition coefficient (Wildman–Crippen LogP) is 1.34. The van der Waals surface area contributed by atoms with E-state index in [0.29, 0.717) is 10.9 Å². The van der Waals surface area contributed by atoms with Gasteiger partial charge in [-0.05, 0) is 44.0 Å². The van der Waals surface area contributed by atoms with E-state index in [0.717, 1.165) is 69.8 Å². The number of carbonyl (C=O) groups is 1. The number of hydrogen-bond acceptors (Lipinski definition) is 5. The first-order chi connectivity index (χ1) is 13.1. The molecular formula is C20H27N5O2. The van der Waals surface area contributed by atoms with Gasteiger partial charge >= 0.3 is 0 Å².